The minimum absolute atomic E-state index is 0.00966. The van der Waals surface area contributed by atoms with E-state index in [2.05, 4.69) is 20.8 Å². The lowest BCUT2D eigenvalue weighted by Gasteiger charge is -2.12. The van der Waals surface area contributed by atoms with Crippen LogP contribution in [-0.2, 0) is 0 Å². The number of para-hydroxylation sites is 1. The van der Waals surface area contributed by atoms with Crippen molar-refractivity contribution in [1.29, 1.82) is 0 Å². The van der Waals surface area contributed by atoms with Gasteiger partial charge in [-0.25, -0.2) is 0 Å². The zero-order valence-electron chi connectivity index (χ0n) is 16.1. The van der Waals surface area contributed by atoms with Crippen LogP contribution in [0.1, 0.15) is 10.4 Å². The highest BCUT2D eigenvalue weighted by Gasteiger charge is 2.15. The molecule has 2 N–H and O–H groups in total. The molecule has 9 nitrogen and oxygen atoms in total. The molecular formula is C20H20N4O5. The monoisotopic (exact) mass is 396 g/mol. The molecule has 2 aromatic carbocycles. The number of hydrogen-bond donors (Lipinski definition) is 2. The zero-order valence-corrected chi connectivity index (χ0v) is 16.1. The van der Waals surface area contributed by atoms with E-state index in [1.165, 1.54) is 20.3 Å². The Morgan fingerprint density at radius 3 is 2.14 bits per heavy atom. The Morgan fingerprint density at radius 2 is 1.52 bits per heavy atom. The molecule has 3 aromatic rings. The largest absolute Gasteiger partial charge is 0.497 e. The molecule has 0 radical (unpaired) electrons. The van der Waals surface area contributed by atoms with Gasteiger partial charge in [-0.1, -0.05) is 12.1 Å². The van der Waals surface area contributed by atoms with Crippen molar-refractivity contribution in [3.05, 3.63) is 60.2 Å². The molecule has 3 rings (SSSR count). The van der Waals surface area contributed by atoms with Crippen LogP contribution in [0.15, 0.2) is 54.6 Å². The molecule has 0 bridgehead atoms. The van der Waals surface area contributed by atoms with Crippen molar-refractivity contribution in [2.45, 2.75) is 0 Å². The van der Waals surface area contributed by atoms with Gasteiger partial charge in [-0.15, -0.1) is 0 Å². The van der Waals surface area contributed by atoms with Crippen LogP contribution in [-0.4, -0.2) is 37.2 Å². The maximum Gasteiger partial charge on any atom is 0.328 e. The molecule has 0 saturated heterocycles. The molecule has 1 heterocycles. The predicted molar refractivity (Wildman–Crippen MR) is 106 cm³/mol. The summed E-state index contributed by atoms with van der Waals surface area (Å²) in [4.78, 5) is 20.9. The van der Waals surface area contributed by atoms with E-state index >= 15 is 0 Å². The minimum atomic E-state index is -0.397. The van der Waals surface area contributed by atoms with Crippen LogP contribution in [0.3, 0.4) is 0 Å². The fourth-order valence-corrected chi connectivity index (χ4v) is 2.35. The first-order chi connectivity index (χ1) is 14.1. The van der Waals surface area contributed by atoms with Gasteiger partial charge in [0.05, 0.1) is 38.6 Å². The van der Waals surface area contributed by atoms with Gasteiger partial charge in [0.25, 0.3) is 5.91 Å². The van der Waals surface area contributed by atoms with Crippen molar-refractivity contribution in [2.24, 2.45) is 0 Å². The van der Waals surface area contributed by atoms with Crippen LogP contribution in [0.5, 0.6) is 29.3 Å². The normalized spacial score (nSPS) is 10.0. The van der Waals surface area contributed by atoms with E-state index in [-0.39, 0.29) is 23.5 Å². The highest BCUT2D eigenvalue weighted by atomic mass is 16.5. The molecule has 0 aliphatic heterocycles. The third kappa shape index (κ3) is 5.04. The number of anilines is 1. The van der Waals surface area contributed by atoms with Crippen LogP contribution in [0.4, 0.5) is 5.69 Å². The number of amides is 1. The van der Waals surface area contributed by atoms with Gasteiger partial charge in [0, 0.05) is 0 Å². The average molecular weight is 396 g/mol. The molecular weight excluding hydrogens is 376 g/mol. The van der Waals surface area contributed by atoms with Crippen LogP contribution in [0.2, 0.25) is 0 Å². The summed E-state index contributed by atoms with van der Waals surface area (Å²) < 4.78 is 21.0. The second-order valence-electron chi connectivity index (χ2n) is 5.64. The van der Waals surface area contributed by atoms with E-state index in [1.54, 1.807) is 55.6 Å². The van der Waals surface area contributed by atoms with Gasteiger partial charge in [0.1, 0.15) is 11.5 Å². The Hall–Kier alpha value is -4.01. The summed E-state index contributed by atoms with van der Waals surface area (Å²) in [6.45, 7) is 0. The van der Waals surface area contributed by atoms with Gasteiger partial charge in [0.15, 0.2) is 0 Å². The van der Waals surface area contributed by atoms with Crippen molar-refractivity contribution in [3.63, 3.8) is 0 Å². The van der Waals surface area contributed by atoms with Gasteiger partial charge in [-0.2, -0.15) is 9.97 Å². The molecule has 0 spiro atoms. The summed E-state index contributed by atoms with van der Waals surface area (Å²) in [5, 5.41) is 0. The molecule has 9 heteroatoms. The van der Waals surface area contributed by atoms with Gasteiger partial charge in [-0.05, 0) is 36.4 Å². The second-order valence-corrected chi connectivity index (χ2v) is 5.64. The molecule has 150 valence electrons. The van der Waals surface area contributed by atoms with Gasteiger partial charge >= 0.3 is 6.01 Å². The number of aromatic nitrogens is 2. The quantitative estimate of drug-likeness (QED) is 0.560. The van der Waals surface area contributed by atoms with E-state index in [4.69, 9.17) is 18.9 Å². The maximum atomic E-state index is 12.6. The highest BCUT2D eigenvalue weighted by Crippen LogP contribution is 2.26. The molecule has 0 saturated carbocycles. The Labute approximate surface area is 167 Å². The number of nitrogens with zero attached hydrogens (tertiary/aromatic N) is 2. The molecule has 0 atom stereocenters. The molecule has 0 fully saturated rings. The van der Waals surface area contributed by atoms with Crippen LogP contribution in [0, 0.1) is 0 Å². The number of hydrogen-bond acceptors (Lipinski definition) is 8. The minimum Gasteiger partial charge on any atom is -0.497 e. The van der Waals surface area contributed by atoms with Crippen molar-refractivity contribution < 1.29 is 23.7 Å². The summed E-state index contributed by atoms with van der Waals surface area (Å²) in [6, 6.07) is 15.3. The van der Waals surface area contributed by atoms with Gasteiger partial charge in [-0.3, -0.25) is 15.6 Å². The Balaban J connectivity index is 1.75. The molecule has 29 heavy (non-hydrogen) atoms. The number of methoxy groups -OCH3 is 3. The summed E-state index contributed by atoms with van der Waals surface area (Å²) >= 11 is 0. The fraction of sp³-hybridized carbons (Fsp3) is 0.150. The molecule has 0 unspecified atom stereocenters. The van der Waals surface area contributed by atoms with Crippen LogP contribution < -0.4 is 29.8 Å². The van der Waals surface area contributed by atoms with Crippen LogP contribution in [0.25, 0.3) is 0 Å². The van der Waals surface area contributed by atoms with E-state index in [1.807, 2.05) is 0 Å². The number of rotatable bonds is 8. The maximum absolute atomic E-state index is 12.6. The Bertz CT molecular complexity index is 957. The van der Waals surface area contributed by atoms with Crippen LogP contribution >= 0.6 is 0 Å². The van der Waals surface area contributed by atoms with Gasteiger partial charge < -0.3 is 18.9 Å². The number of carbonyl (C=O) groups is 1. The molecule has 0 aliphatic carbocycles. The van der Waals surface area contributed by atoms with Crippen molar-refractivity contribution >= 4 is 11.6 Å². The summed E-state index contributed by atoms with van der Waals surface area (Å²) in [5.74, 6) is 1.14. The standard InChI is InChI=1S/C20H20N4O5/c1-26-14-10-8-13(9-11-14)23-24-19(25)15-6-4-5-7-16(15)29-20-21-17(27-2)12-18(22-20)28-3/h4-12,23H,1-3H3,(H,24,25). The van der Waals surface area contributed by atoms with Gasteiger partial charge in [0.2, 0.25) is 11.8 Å². The van der Waals surface area contributed by atoms with E-state index in [9.17, 15) is 4.79 Å². The van der Waals surface area contributed by atoms with Crippen molar-refractivity contribution in [3.8, 4) is 29.3 Å². The summed E-state index contributed by atoms with van der Waals surface area (Å²) in [7, 11) is 4.53. The summed E-state index contributed by atoms with van der Waals surface area (Å²) in [6.07, 6.45) is 0. The Morgan fingerprint density at radius 1 is 0.862 bits per heavy atom. The third-order valence-electron chi connectivity index (χ3n) is 3.82. The smallest absolute Gasteiger partial charge is 0.328 e. The summed E-state index contributed by atoms with van der Waals surface area (Å²) in [5.41, 5.74) is 6.45. The lowest BCUT2D eigenvalue weighted by atomic mass is 10.2. The number of benzene rings is 2. The fourth-order valence-electron chi connectivity index (χ4n) is 2.35. The van der Waals surface area contributed by atoms with Crippen molar-refractivity contribution in [2.75, 3.05) is 26.8 Å². The number of carbonyl (C=O) groups excluding carboxylic acids is 1. The van der Waals surface area contributed by atoms with Crippen molar-refractivity contribution in [1.82, 2.24) is 15.4 Å². The molecule has 0 aliphatic rings. The zero-order chi connectivity index (χ0) is 20.6. The van der Waals surface area contributed by atoms with E-state index in [0.717, 1.165) is 0 Å². The number of ether oxygens (including phenoxy) is 4. The number of hydrazine groups is 1. The Kier molecular flexibility index (Phi) is 6.31. The lowest BCUT2D eigenvalue weighted by Crippen LogP contribution is -2.29. The molecule has 1 amide bonds. The third-order valence-corrected chi connectivity index (χ3v) is 3.82. The highest BCUT2D eigenvalue weighted by molar-refractivity contribution is 5.97. The lowest BCUT2D eigenvalue weighted by molar-refractivity contribution is 0.0960. The first-order valence-electron chi connectivity index (χ1n) is 8.57. The SMILES string of the molecule is COc1ccc(NNC(=O)c2ccccc2Oc2nc(OC)cc(OC)n2)cc1. The molecule has 1 aromatic heterocycles. The number of nitrogens with one attached hydrogen (secondary N) is 2. The average Bonchev–Trinajstić information content (AvgIpc) is 2.77. The first kappa shape index (κ1) is 19.7. The predicted octanol–water partition coefficient (Wildman–Crippen LogP) is 3.05. The second kappa shape index (κ2) is 9.27. The first-order valence-corrected chi connectivity index (χ1v) is 8.57. The topological polar surface area (TPSA) is 104 Å². The van der Waals surface area contributed by atoms with E-state index in [0.29, 0.717) is 17.0 Å². The van der Waals surface area contributed by atoms with E-state index < -0.39 is 5.91 Å².